The third kappa shape index (κ3) is 3.21. The number of rotatable bonds is 3. The zero-order valence-corrected chi connectivity index (χ0v) is 17.1. The van der Waals surface area contributed by atoms with Gasteiger partial charge in [-0.25, -0.2) is 4.79 Å². The summed E-state index contributed by atoms with van der Waals surface area (Å²) in [7, 11) is 0. The molecule has 0 saturated heterocycles. The molecular weight excluding hydrogens is 394 g/mol. The van der Waals surface area contributed by atoms with Gasteiger partial charge in [-0.15, -0.1) is 0 Å². The summed E-state index contributed by atoms with van der Waals surface area (Å²) in [6, 6.07) is 28.1. The normalized spacial score (nSPS) is 12.6. The van der Waals surface area contributed by atoms with Gasteiger partial charge in [-0.3, -0.25) is 0 Å². The Hall–Kier alpha value is -3.30. The molecular formula is C26H20ClNO2. The number of benzene rings is 3. The first-order valence-electron chi connectivity index (χ1n) is 10.1. The van der Waals surface area contributed by atoms with Gasteiger partial charge in [0.1, 0.15) is 5.76 Å². The largest absolute Gasteiger partial charge is 0.421 e. The minimum absolute atomic E-state index is 0.112. The predicted molar refractivity (Wildman–Crippen MR) is 122 cm³/mol. The highest BCUT2D eigenvalue weighted by Crippen LogP contribution is 2.45. The fourth-order valence-electron chi connectivity index (χ4n) is 4.20. The van der Waals surface area contributed by atoms with Gasteiger partial charge in [0.25, 0.3) is 0 Å². The Balaban J connectivity index is 1.84. The van der Waals surface area contributed by atoms with Crippen LogP contribution in [0.5, 0.6) is 0 Å². The van der Waals surface area contributed by atoms with Crippen molar-refractivity contribution in [3.63, 3.8) is 0 Å². The van der Waals surface area contributed by atoms with Crippen LogP contribution >= 0.6 is 11.6 Å². The summed E-state index contributed by atoms with van der Waals surface area (Å²) in [5.74, 6) is 0.629. The van der Waals surface area contributed by atoms with E-state index in [1.165, 1.54) is 5.56 Å². The second-order valence-electron chi connectivity index (χ2n) is 7.38. The molecule has 0 N–H and O–H groups in total. The van der Waals surface area contributed by atoms with E-state index in [1.54, 1.807) is 0 Å². The molecule has 0 aliphatic heterocycles. The van der Waals surface area contributed by atoms with Crippen molar-refractivity contribution in [3.05, 3.63) is 111 Å². The highest BCUT2D eigenvalue weighted by molar-refractivity contribution is 6.33. The monoisotopic (exact) mass is 413 g/mol. The van der Waals surface area contributed by atoms with Gasteiger partial charge in [0, 0.05) is 22.5 Å². The number of hydrogen-bond donors (Lipinski definition) is 0. The lowest BCUT2D eigenvalue weighted by Crippen LogP contribution is -2.17. The predicted octanol–water partition coefficient (Wildman–Crippen LogP) is 6.92. The Labute approximate surface area is 180 Å². The maximum absolute atomic E-state index is 12.9. The molecule has 0 radical (unpaired) electrons. The summed E-state index contributed by atoms with van der Waals surface area (Å²) in [5.41, 5.74) is 5.21. The van der Waals surface area contributed by atoms with Crippen LogP contribution in [0, 0.1) is 0 Å². The maximum Gasteiger partial charge on any atom is 0.357 e. The quantitative estimate of drug-likeness (QED) is 0.365. The van der Waals surface area contributed by atoms with E-state index in [2.05, 4.69) is 11.0 Å². The molecule has 0 unspecified atom stereocenters. The van der Waals surface area contributed by atoms with E-state index >= 15 is 0 Å². The molecule has 0 atom stereocenters. The molecule has 0 fully saturated rings. The van der Waals surface area contributed by atoms with Crippen molar-refractivity contribution >= 4 is 28.7 Å². The molecule has 0 saturated carbocycles. The van der Waals surface area contributed by atoms with Gasteiger partial charge < -0.3 is 9.32 Å². The average molecular weight is 414 g/mol. The van der Waals surface area contributed by atoms with Crippen LogP contribution in [0.2, 0.25) is 5.02 Å². The highest BCUT2D eigenvalue weighted by atomic mass is 35.5. The van der Waals surface area contributed by atoms with Crippen molar-refractivity contribution < 1.29 is 4.42 Å². The third-order valence-corrected chi connectivity index (χ3v) is 5.86. The molecule has 4 heteroatoms. The highest BCUT2D eigenvalue weighted by Gasteiger charge is 2.28. The van der Waals surface area contributed by atoms with Gasteiger partial charge in [-0.05, 0) is 49.1 Å². The van der Waals surface area contributed by atoms with Gasteiger partial charge in [0.2, 0.25) is 0 Å². The minimum atomic E-state index is -0.515. The lowest BCUT2D eigenvalue weighted by molar-refractivity contribution is 0.521. The van der Waals surface area contributed by atoms with Gasteiger partial charge in [-0.1, -0.05) is 72.3 Å². The van der Waals surface area contributed by atoms with Crippen molar-refractivity contribution in [1.82, 2.24) is 0 Å². The summed E-state index contributed by atoms with van der Waals surface area (Å²) in [4.78, 5) is 14.9. The lowest BCUT2D eigenvalue weighted by Gasteiger charge is -2.28. The molecule has 30 heavy (non-hydrogen) atoms. The number of nitrogens with zero attached hydrogens (tertiary/aromatic N) is 1. The number of para-hydroxylation sites is 2. The Morgan fingerprint density at radius 3 is 2.03 bits per heavy atom. The first kappa shape index (κ1) is 18.7. The van der Waals surface area contributed by atoms with Crippen LogP contribution in [-0.4, -0.2) is 0 Å². The Kier molecular flexibility index (Phi) is 4.89. The Bertz CT molecular complexity index is 1210. The van der Waals surface area contributed by atoms with Crippen molar-refractivity contribution in [1.29, 1.82) is 0 Å². The van der Waals surface area contributed by atoms with Gasteiger partial charge in [0.05, 0.1) is 5.69 Å². The van der Waals surface area contributed by atoms with Crippen LogP contribution in [0.15, 0.2) is 94.1 Å². The Morgan fingerprint density at radius 1 is 0.767 bits per heavy atom. The fraction of sp³-hybridized carbons (Fsp3) is 0.115. The standard InChI is InChI=1S/C26H20ClNO2/c27-23-24(28(19-12-3-1-4-13-19)20-14-5-2-6-15-20)22-17-9-11-18-10-7-8-16-21(18)25(22)30-26(23)29/h1-8,10,12-16H,9,11,17H2. The molecule has 1 aliphatic carbocycles. The molecule has 0 bridgehead atoms. The molecule has 1 aromatic heterocycles. The SMILES string of the molecule is O=c1oc2c(c(N(c3ccccc3)c3ccccc3)c1Cl)CCCc1ccccc1-2. The number of halogens is 1. The molecule has 1 aliphatic rings. The van der Waals surface area contributed by atoms with Gasteiger partial charge in [-0.2, -0.15) is 0 Å². The van der Waals surface area contributed by atoms with E-state index in [-0.39, 0.29) is 5.02 Å². The second-order valence-corrected chi connectivity index (χ2v) is 7.75. The fourth-order valence-corrected chi connectivity index (χ4v) is 4.43. The topological polar surface area (TPSA) is 33.5 Å². The van der Waals surface area contributed by atoms with Crippen LogP contribution in [0.3, 0.4) is 0 Å². The first-order valence-corrected chi connectivity index (χ1v) is 10.5. The van der Waals surface area contributed by atoms with Crippen molar-refractivity contribution in [2.24, 2.45) is 0 Å². The zero-order valence-electron chi connectivity index (χ0n) is 16.3. The Morgan fingerprint density at radius 2 is 1.37 bits per heavy atom. The molecule has 3 aromatic carbocycles. The smallest absolute Gasteiger partial charge is 0.357 e. The molecule has 5 rings (SSSR count). The van der Waals surface area contributed by atoms with Crippen molar-refractivity contribution in [2.45, 2.75) is 19.3 Å². The summed E-state index contributed by atoms with van der Waals surface area (Å²) >= 11 is 6.66. The van der Waals surface area contributed by atoms with Crippen molar-refractivity contribution in [2.75, 3.05) is 4.90 Å². The van der Waals surface area contributed by atoms with Crippen LogP contribution < -0.4 is 10.5 Å². The summed E-state index contributed by atoms with van der Waals surface area (Å²) in [5, 5.41) is 0.112. The van der Waals surface area contributed by atoms with Crippen LogP contribution in [-0.2, 0) is 12.8 Å². The van der Waals surface area contributed by atoms with Crippen molar-refractivity contribution in [3.8, 4) is 11.3 Å². The second kappa shape index (κ2) is 7.85. The zero-order chi connectivity index (χ0) is 20.5. The van der Waals surface area contributed by atoms with Crippen LogP contribution in [0.25, 0.3) is 11.3 Å². The van der Waals surface area contributed by atoms with E-state index < -0.39 is 5.63 Å². The number of fused-ring (bicyclic) bond motifs is 3. The van der Waals surface area contributed by atoms with Crippen LogP contribution in [0.4, 0.5) is 17.1 Å². The summed E-state index contributed by atoms with van der Waals surface area (Å²) < 4.78 is 5.79. The van der Waals surface area contributed by atoms with E-state index in [0.29, 0.717) is 11.4 Å². The van der Waals surface area contributed by atoms with E-state index in [4.69, 9.17) is 16.0 Å². The van der Waals surface area contributed by atoms with E-state index in [9.17, 15) is 4.79 Å². The van der Waals surface area contributed by atoms with Gasteiger partial charge >= 0.3 is 5.63 Å². The molecule has 3 nitrogen and oxygen atoms in total. The lowest BCUT2D eigenvalue weighted by atomic mass is 10.0. The average Bonchev–Trinajstić information content (AvgIpc) is 2.97. The molecule has 4 aromatic rings. The third-order valence-electron chi connectivity index (χ3n) is 5.53. The van der Waals surface area contributed by atoms with Gasteiger partial charge in [0.15, 0.2) is 5.02 Å². The number of aryl methyl sites for hydroxylation is 1. The van der Waals surface area contributed by atoms with E-state index in [0.717, 1.165) is 41.8 Å². The molecule has 148 valence electrons. The summed E-state index contributed by atoms with van der Waals surface area (Å²) in [6.07, 6.45) is 2.67. The summed E-state index contributed by atoms with van der Waals surface area (Å²) in [6.45, 7) is 0. The maximum atomic E-state index is 12.9. The first-order chi connectivity index (χ1) is 14.7. The molecule has 1 heterocycles. The molecule has 0 spiro atoms. The molecule has 0 amide bonds. The minimum Gasteiger partial charge on any atom is -0.421 e. The number of hydrogen-bond acceptors (Lipinski definition) is 3. The van der Waals surface area contributed by atoms with Crippen LogP contribution in [0.1, 0.15) is 17.5 Å². The number of anilines is 3. The van der Waals surface area contributed by atoms with E-state index in [1.807, 2.05) is 78.9 Å².